The van der Waals surface area contributed by atoms with Gasteiger partial charge in [0.2, 0.25) is 0 Å². The topological polar surface area (TPSA) is 46.9 Å². The van der Waals surface area contributed by atoms with Gasteiger partial charge in [-0.1, -0.05) is 6.92 Å². The third kappa shape index (κ3) is 2.70. The summed E-state index contributed by atoms with van der Waals surface area (Å²) in [5.74, 6) is 0.701. The van der Waals surface area contributed by atoms with Crippen molar-refractivity contribution in [2.24, 2.45) is 11.3 Å². The van der Waals surface area contributed by atoms with Crippen molar-refractivity contribution in [2.45, 2.75) is 52.5 Å². The van der Waals surface area contributed by atoms with Crippen LogP contribution in [0.2, 0.25) is 0 Å². The van der Waals surface area contributed by atoms with Crippen LogP contribution in [0.25, 0.3) is 0 Å². The van der Waals surface area contributed by atoms with E-state index in [1.54, 1.807) is 0 Å². The van der Waals surface area contributed by atoms with Crippen LogP contribution >= 0.6 is 15.9 Å². The molecule has 2 heterocycles. The van der Waals surface area contributed by atoms with E-state index in [1.165, 1.54) is 0 Å². The lowest BCUT2D eigenvalue weighted by Gasteiger charge is -2.23. The molecule has 1 saturated heterocycles. The van der Waals surface area contributed by atoms with Crippen molar-refractivity contribution >= 4 is 21.7 Å². The van der Waals surface area contributed by atoms with Gasteiger partial charge < -0.3 is 5.32 Å². The van der Waals surface area contributed by atoms with Crippen LogP contribution in [0.4, 0.5) is 0 Å². The Kier molecular flexibility index (Phi) is 4.23. The van der Waals surface area contributed by atoms with Crippen molar-refractivity contribution < 1.29 is 4.79 Å². The highest BCUT2D eigenvalue weighted by Crippen LogP contribution is 2.59. The second kappa shape index (κ2) is 5.84. The average Bonchev–Trinajstić information content (AvgIpc) is 3.10. The van der Waals surface area contributed by atoms with Crippen molar-refractivity contribution in [1.82, 2.24) is 15.1 Å². The number of ketones is 1. The number of carbonyl (C=O) groups excluding carboxylic acids is 1. The Morgan fingerprint density at radius 2 is 2.14 bits per heavy atom. The summed E-state index contributed by atoms with van der Waals surface area (Å²) in [6.07, 6.45) is 4.86. The summed E-state index contributed by atoms with van der Waals surface area (Å²) >= 11 is 3.64. The first-order valence-electron chi connectivity index (χ1n) is 8.08. The maximum Gasteiger partial charge on any atom is 0.142 e. The van der Waals surface area contributed by atoms with Gasteiger partial charge in [-0.15, -0.1) is 0 Å². The molecule has 1 spiro atoms. The Bertz CT molecular complexity index is 546. The van der Waals surface area contributed by atoms with Crippen LogP contribution in [0, 0.1) is 11.3 Å². The van der Waals surface area contributed by atoms with E-state index in [4.69, 9.17) is 0 Å². The molecule has 0 amide bonds. The number of hydrogen-bond acceptors (Lipinski definition) is 3. The van der Waals surface area contributed by atoms with E-state index in [2.05, 4.69) is 40.2 Å². The van der Waals surface area contributed by atoms with E-state index < -0.39 is 0 Å². The third-order valence-electron chi connectivity index (χ3n) is 5.21. The second-order valence-corrected chi connectivity index (χ2v) is 7.18. The number of nitrogens with one attached hydrogen (secondary N) is 1. The molecule has 2 fully saturated rings. The molecule has 0 radical (unpaired) electrons. The van der Waals surface area contributed by atoms with E-state index in [9.17, 15) is 4.79 Å². The molecular weight excluding hydrogens is 330 g/mol. The molecule has 3 rings (SSSR count). The minimum atomic E-state index is 0.289. The third-order valence-corrected chi connectivity index (χ3v) is 6.13. The van der Waals surface area contributed by atoms with Gasteiger partial charge in [-0.25, -0.2) is 0 Å². The summed E-state index contributed by atoms with van der Waals surface area (Å²) in [6, 6.07) is 0. The summed E-state index contributed by atoms with van der Waals surface area (Å²) in [4.78, 5) is 12.7. The minimum absolute atomic E-state index is 0.289. The largest absolute Gasteiger partial charge is 0.317 e. The summed E-state index contributed by atoms with van der Waals surface area (Å²) in [5, 5.41) is 7.99. The summed E-state index contributed by atoms with van der Waals surface area (Å²) in [6.45, 7) is 7.14. The Labute approximate surface area is 134 Å². The van der Waals surface area contributed by atoms with Crippen molar-refractivity contribution in [3.8, 4) is 0 Å². The highest BCUT2D eigenvalue weighted by molar-refractivity contribution is 9.10. The zero-order valence-electron chi connectivity index (χ0n) is 12.9. The van der Waals surface area contributed by atoms with Crippen molar-refractivity contribution in [1.29, 1.82) is 0 Å². The van der Waals surface area contributed by atoms with Crippen molar-refractivity contribution in [2.75, 3.05) is 13.1 Å². The molecule has 2 aliphatic rings. The fraction of sp³-hybridized carbons (Fsp3) is 0.750. The molecule has 21 heavy (non-hydrogen) atoms. The molecule has 1 saturated carbocycles. The van der Waals surface area contributed by atoms with Crippen LogP contribution in [0.3, 0.4) is 0 Å². The fourth-order valence-electron chi connectivity index (χ4n) is 3.75. The fourth-order valence-corrected chi connectivity index (χ4v) is 4.46. The Balaban J connectivity index is 1.72. The molecule has 1 aliphatic carbocycles. The molecule has 0 aromatic carbocycles. The van der Waals surface area contributed by atoms with Crippen LogP contribution in [0.15, 0.2) is 4.47 Å². The molecule has 1 atom stereocenters. The van der Waals surface area contributed by atoms with Crippen LogP contribution in [-0.4, -0.2) is 28.7 Å². The van der Waals surface area contributed by atoms with Gasteiger partial charge in [0.15, 0.2) is 0 Å². The lowest BCUT2D eigenvalue weighted by atomic mass is 9.90. The van der Waals surface area contributed by atoms with Gasteiger partial charge in [-0.05, 0) is 67.0 Å². The SMILES string of the molecule is CCc1nn(CC)c(CC(=O)C2CC23CCNCC3)c1Br. The Morgan fingerprint density at radius 3 is 2.76 bits per heavy atom. The number of rotatable bonds is 5. The van der Waals surface area contributed by atoms with Crippen LogP contribution < -0.4 is 5.32 Å². The molecule has 1 aromatic rings. The highest BCUT2D eigenvalue weighted by Gasteiger charge is 2.57. The highest BCUT2D eigenvalue weighted by atomic mass is 79.9. The van der Waals surface area contributed by atoms with Crippen LogP contribution in [-0.2, 0) is 24.2 Å². The van der Waals surface area contributed by atoms with E-state index in [1.807, 2.05) is 4.68 Å². The number of Topliss-reactive ketones (excluding diaryl/α,β-unsaturated/α-hetero) is 1. The first-order chi connectivity index (χ1) is 10.1. The van der Waals surface area contributed by atoms with Gasteiger partial charge in [-0.3, -0.25) is 9.48 Å². The van der Waals surface area contributed by atoms with Gasteiger partial charge in [0.25, 0.3) is 0 Å². The van der Waals surface area contributed by atoms with Gasteiger partial charge in [0.1, 0.15) is 5.78 Å². The number of carbonyl (C=O) groups is 1. The number of hydrogen-bond donors (Lipinski definition) is 1. The lowest BCUT2D eigenvalue weighted by molar-refractivity contribution is -0.120. The monoisotopic (exact) mass is 353 g/mol. The van der Waals surface area contributed by atoms with Crippen LogP contribution in [0.1, 0.15) is 44.5 Å². The summed E-state index contributed by atoms with van der Waals surface area (Å²) < 4.78 is 3.03. The molecule has 0 bridgehead atoms. The van der Waals surface area contributed by atoms with Gasteiger partial charge >= 0.3 is 0 Å². The molecule has 1 unspecified atom stereocenters. The second-order valence-electron chi connectivity index (χ2n) is 6.39. The number of halogens is 1. The molecule has 1 aromatic heterocycles. The quantitative estimate of drug-likeness (QED) is 0.885. The normalized spacial score (nSPS) is 23.5. The zero-order chi connectivity index (χ0) is 15.0. The van der Waals surface area contributed by atoms with Gasteiger partial charge in [-0.2, -0.15) is 5.10 Å². The first kappa shape index (κ1) is 15.2. The molecule has 116 valence electrons. The molecule has 5 heteroatoms. The summed E-state index contributed by atoms with van der Waals surface area (Å²) in [7, 11) is 0. The van der Waals surface area contributed by atoms with E-state index in [0.717, 1.165) is 61.2 Å². The van der Waals surface area contributed by atoms with E-state index in [-0.39, 0.29) is 5.92 Å². The standard InChI is InChI=1S/C16H24BrN3O/c1-3-12-15(17)13(20(4-2)19-12)9-14(21)11-10-16(11)5-7-18-8-6-16/h11,18H,3-10H2,1-2H3. The van der Waals surface area contributed by atoms with Gasteiger partial charge in [0.05, 0.1) is 15.9 Å². The van der Waals surface area contributed by atoms with Crippen LogP contribution in [0.5, 0.6) is 0 Å². The Morgan fingerprint density at radius 1 is 1.43 bits per heavy atom. The van der Waals surface area contributed by atoms with E-state index >= 15 is 0 Å². The predicted octanol–water partition coefficient (Wildman–Crippen LogP) is 2.73. The number of piperidine rings is 1. The number of nitrogens with zero attached hydrogens (tertiary/aromatic N) is 2. The maximum absolute atomic E-state index is 12.7. The van der Waals surface area contributed by atoms with Crippen molar-refractivity contribution in [3.05, 3.63) is 15.9 Å². The molecule has 4 nitrogen and oxygen atoms in total. The minimum Gasteiger partial charge on any atom is -0.317 e. The van der Waals surface area contributed by atoms with Gasteiger partial charge in [0, 0.05) is 18.9 Å². The molecular formula is C16H24BrN3O. The molecule has 1 aliphatic heterocycles. The lowest BCUT2D eigenvalue weighted by Crippen LogP contribution is -2.31. The summed E-state index contributed by atoms with van der Waals surface area (Å²) in [5.41, 5.74) is 2.46. The average molecular weight is 354 g/mol. The predicted molar refractivity (Wildman–Crippen MR) is 86.3 cm³/mol. The zero-order valence-corrected chi connectivity index (χ0v) is 14.5. The smallest absolute Gasteiger partial charge is 0.142 e. The number of aryl methyl sites for hydroxylation is 2. The first-order valence-corrected chi connectivity index (χ1v) is 8.88. The maximum atomic E-state index is 12.7. The molecule has 1 N–H and O–H groups in total. The Hall–Kier alpha value is -0.680. The van der Waals surface area contributed by atoms with Crippen molar-refractivity contribution in [3.63, 3.8) is 0 Å². The number of aromatic nitrogens is 2. The van der Waals surface area contributed by atoms with E-state index in [0.29, 0.717) is 17.6 Å².